The molecule has 2 aliphatic rings. The minimum atomic E-state index is 0.0363. The zero-order valence-electron chi connectivity index (χ0n) is 18.1. The van der Waals surface area contributed by atoms with E-state index < -0.39 is 0 Å². The van der Waals surface area contributed by atoms with E-state index in [1.165, 1.54) is 10.5 Å². The summed E-state index contributed by atoms with van der Waals surface area (Å²) in [6.07, 6.45) is 1.93. The zero-order valence-corrected chi connectivity index (χ0v) is 18.1. The summed E-state index contributed by atoms with van der Waals surface area (Å²) in [6, 6.07) is 9.89. The molecule has 0 aromatic heterocycles. The minimum Gasteiger partial charge on any atom is -0.492 e. The maximum Gasteiger partial charge on any atom is 0.231 e. The molecule has 2 heterocycles. The summed E-state index contributed by atoms with van der Waals surface area (Å²) in [7, 11) is 3.80. The third-order valence-electron chi connectivity index (χ3n) is 5.81. The molecule has 4 rings (SSSR count). The maximum absolute atomic E-state index is 13.0. The number of hydrogen-bond donors (Lipinski definition) is 1. The summed E-state index contributed by atoms with van der Waals surface area (Å²) in [4.78, 5) is 14.3. The standard InChI is InChI=1S/C24H29NO5/c1-15(2)30-19-7-5-16(6-8-19)11-18(26)13-20-22-17(9-10-25(20)3)12-21-23(24(22)27-4)29-14-28-21/h5-8,12,15,20H,9-11,13-14H2,1-4H3/p+1/t20-/m0/s1. The highest BCUT2D eigenvalue weighted by Crippen LogP contribution is 2.47. The van der Waals surface area contributed by atoms with E-state index >= 15 is 0 Å². The Morgan fingerprint density at radius 2 is 2.00 bits per heavy atom. The fraction of sp³-hybridized carbons (Fsp3) is 0.458. The molecular formula is C24H30NO5+. The molecule has 2 aromatic carbocycles. The van der Waals surface area contributed by atoms with Gasteiger partial charge in [-0.3, -0.25) is 4.79 Å². The molecule has 2 aliphatic heterocycles. The number of methoxy groups -OCH3 is 1. The van der Waals surface area contributed by atoms with Crippen LogP contribution in [0.15, 0.2) is 30.3 Å². The molecule has 0 bridgehead atoms. The number of Topliss-reactive ketones (excluding diaryl/α,β-unsaturated/α-hetero) is 1. The highest BCUT2D eigenvalue weighted by Gasteiger charge is 2.37. The van der Waals surface area contributed by atoms with Crippen LogP contribution in [-0.2, 0) is 17.6 Å². The van der Waals surface area contributed by atoms with E-state index in [1.54, 1.807) is 7.11 Å². The van der Waals surface area contributed by atoms with E-state index in [4.69, 9.17) is 18.9 Å². The lowest BCUT2D eigenvalue weighted by Gasteiger charge is -2.32. The van der Waals surface area contributed by atoms with Crippen molar-refractivity contribution in [3.05, 3.63) is 47.0 Å². The van der Waals surface area contributed by atoms with E-state index in [9.17, 15) is 4.79 Å². The van der Waals surface area contributed by atoms with Crippen LogP contribution < -0.4 is 23.8 Å². The SMILES string of the molecule is COc1c2c(cc3c1[C@H](CC(=O)Cc1ccc(OC(C)C)cc1)[NH+](C)CC3)OCO2. The topological polar surface area (TPSA) is 58.4 Å². The molecule has 6 heteroatoms. The molecule has 2 atom stereocenters. The van der Waals surface area contributed by atoms with Crippen molar-refractivity contribution in [1.82, 2.24) is 0 Å². The van der Waals surface area contributed by atoms with Crippen molar-refractivity contribution in [3.8, 4) is 23.0 Å². The van der Waals surface area contributed by atoms with Gasteiger partial charge in [0.25, 0.3) is 0 Å². The van der Waals surface area contributed by atoms with Crippen molar-refractivity contribution < 1.29 is 28.6 Å². The summed E-state index contributed by atoms with van der Waals surface area (Å²) in [5, 5.41) is 0. The van der Waals surface area contributed by atoms with E-state index in [-0.39, 0.29) is 24.7 Å². The molecule has 2 aromatic rings. The van der Waals surface area contributed by atoms with Crippen molar-refractivity contribution in [3.63, 3.8) is 0 Å². The highest BCUT2D eigenvalue weighted by molar-refractivity contribution is 5.82. The van der Waals surface area contributed by atoms with Crippen molar-refractivity contribution in [1.29, 1.82) is 0 Å². The van der Waals surface area contributed by atoms with Crippen LogP contribution in [0.1, 0.15) is 43.0 Å². The largest absolute Gasteiger partial charge is 0.492 e. The van der Waals surface area contributed by atoms with Gasteiger partial charge < -0.3 is 23.8 Å². The molecule has 0 radical (unpaired) electrons. The molecule has 0 saturated heterocycles. The fourth-order valence-corrected chi connectivity index (χ4v) is 4.38. The molecule has 0 saturated carbocycles. The van der Waals surface area contributed by atoms with Gasteiger partial charge >= 0.3 is 0 Å². The van der Waals surface area contributed by atoms with Crippen LogP contribution in [-0.4, -0.2) is 39.4 Å². The second-order valence-electron chi connectivity index (χ2n) is 8.35. The van der Waals surface area contributed by atoms with Crippen LogP contribution in [0.4, 0.5) is 0 Å². The Hall–Kier alpha value is -2.73. The average Bonchev–Trinajstić information content (AvgIpc) is 3.18. The van der Waals surface area contributed by atoms with Gasteiger partial charge in [0, 0.05) is 12.8 Å². The zero-order chi connectivity index (χ0) is 21.3. The van der Waals surface area contributed by atoms with Gasteiger partial charge in [-0.2, -0.15) is 0 Å². The van der Waals surface area contributed by atoms with Crippen LogP contribution >= 0.6 is 0 Å². The summed E-state index contributed by atoms with van der Waals surface area (Å²) < 4.78 is 22.7. The lowest BCUT2D eigenvalue weighted by atomic mass is 9.87. The first kappa shape index (κ1) is 20.5. The maximum atomic E-state index is 13.0. The lowest BCUT2D eigenvalue weighted by molar-refractivity contribution is -0.914. The number of nitrogens with one attached hydrogen (secondary N) is 1. The van der Waals surface area contributed by atoms with Gasteiger partial charge in [-0.1, -0.05) is 12.1 Å². The summed E-state index contributed by atoms with van der Waals surface area (Å²) in [5.74, 6) is 3.15. The average molecular weight is 413 g/mol. The smallest absolute Gasteiger partial charge is 0.231 e. The molecule has 30 heavy (non-hydrogen) atoms. The monoisotopic (exact) mass is 412 g/mol. The van der Waals surface area contributed by atoms with Crippen molar-refractivity contribution in [2.45, 2.75) is 45.3 Å². The van der Waals surface area contributed by atoms with Crippen LogP contribution in [0.2, 0.25) is 0 Å². The van der Waals surface area contributed by atoms with E-state index in [0.717, 1.165) is 35.6 Å². The number of ether oxygens (including phenoxy) is 4. The summed E-state index contributed by atoms with van der Waals surface area (Å²) in [5.41, 5.74) is 3.27. The molecule has 0 aliphatic carbocycles. The number of rotatable bonds is 7. The van der Waals surface area contributed by atoms with Crippen molar-refractivity contribution >= 4 is 5.78 Å². The molecule has 0 spiro atoms. The number of carbonyl (C=O) groups is 1. The third kappa shape index (κ3) is 4.10. The lowest BCUT2D eigenvalue weighted by Crippen LogP contribution is -3.10. The Morgan fingerprint density at radius 1 is 1.23 bits per heavy atom. The number of fused-ring (bicyclic) bond motifs is 2. The predicted octanol–water partition coefficient (Wildman–Crippen LogP) is 2.52. The minimum absolute atomic E-state index is 0.0363. The van der Waals surface area contributed by atoms with Gasteiger partial charge in [-0.05, 0) is 43.2 Å². The normalized spacial score (nSPS) is 19.5. The molecule has 0 amide bonds. The Labute approximate surface area is 177 Å². The number of quaternary nitrogens is 1. The Kier molecular flexibility index (Phi) is 5.86. The molecule has 6 nitrogen and oxygen atoms in total. The van der Waals surface area contributed by atoms with Gasteiger partial charge in [0.05, 0.1) is 38.8 Å². The van der Waals surface area contributed by atoms with Crippen molar-refractivity contribution in [2.24, 2.45) is 0 Å². The van der Waals surface area contributed by atoms with Crippen molar-refractivity contribution in [2.75, 3.05) is 27.5 Å². The summed E-state index contributed by atoms with van der Waals surface area (Å²) in [6.45, 7) is 5.17. The number of likely N-dealkylation sites (N-methyl/N-ethyl adjacent to an activating group) is 1. The van der Waals surface area contributed by atoms with Crippen LogP contribution in [0, 0.1) is 0 Å². The van der Waals surface area contributed by atoms with E-state index in [0.29, 0.717) is 24.3 Å². The quantitative estimate of drug-likeness (QED) is 0.757. The number of carbonyl (C=O) groups excluding carboxylic acids is 1. The fourth-order valence-electron chi connectivity index (χ4n) is 4.38. The summed E-state index contributed by atoms with van der Waals surface area (Å²) >= 11 is 0. The Bertz CT molecular complexity index is 922. The van der Waals surface area contributed by atoms with Gasteiger partial charge in [-0.15, -0.1) is 0 Å². The van der Waals surface area contributed by atoms with Crippen LogP contribution in [0.3, 0.4) is 0 Å². The molecular weight excluding hydrogens is 382 g/mol. The van der Waals surface area contributed by atoms with Gasteiger partial charge in [0.1, 0.15) is 17.6 Å². The van der Waals surface area contributed by atoms with E-state index in [1.807, 2.05) is 38.1 Å². The number of hydrogen-bond acceptors (Lipinski definition) is 5. The first-order valence-electron chi connectivity index (χ1n) is 10.5. The predicted molar refractivity (Wildman–Crippen MR) is 113 cm³/mol. The van der Waals surface area contributed by atoms with Crippen LogP contribution in [0.25, 0.3) is 0 Å². The first-order chi connectivity index (χ1) is 14.5. The Morgan fingerprint density at radius 3 is 2.70 bits per heavy atom. The van der Waals surface area contributed by atoms with E-state index in [2.05, 4.69) is 13.1 Å². The molecule has 1 N–H and O–H groups in total. The van der Waals surface area contributed by atoms with Gasteiger partial charge in [0.15, 0.2) is 11.5 Å². The van der Waals surface area contributed by atoms with Crippen LogP contribution in [0.5, 0.6) is 23.0 Å². The second kappa shape index (κ2) is 8.56. The highest BCUT2D eigenvalue weighted by atomic mass is 16.7. The number of ketones is 1. The molecule has 1 unspecified atom stereocenters. The third-order valence-corrected chi connectivity index (χ3v) is 5.81. The Balaban J connectivity index is 1.53. The van der Waals surface area contributed by atoms with Gasteiger partial charge in [0.2, 0.25) is 12.5 Å². The molecule has 160 valence electrons. The molecule has 0 fully saturated rings. The number of benzene rings is 2. The first-order valence-corrected chi connectivity index (χ1v) is 10.5. The second-order valence-corrected chi connectivity index (χ2v) is 8.35. The van der Waals surface area contributed by atoms with Gasteiger partial charge in [-0.25, -0.2) is 0 Å².